The zero-order valence-electron chi connectivity index (χ0n) is 18.9. The molecule has 0 fully saturated rings. The average molecular weight is 493 g/mol. The second kappa shape index (κ2) is 8.93. The van der Waals surface area contributed by atoms with Gasteiger partial charge >= 0.3 is 6.18 Å². The fourth-order valence-corrected chi connectivity index (χ4v) is 4.15. The molecule has 3 aromatic rings. The molecule has 2 heterocycles. The van der Waals surface area contributed by atoms with Gasteiger partial charge in [0, 0.05) is 30.8 Å². The van der Waals surface area contributed by atoms with Crippen LogP contribution in [0.25, 0.3) is 21.1 Å². The van der Waals surface area contributed by atoms with Crippen LogP contribution in [0.1, 0.15) is 19.4 Å². The number of anilines is 1. The molecular weight excluding hydrogens is 469 g/mol. The van der Waals surface area contributed by atoms with Crippen molar-refractivity contribution in [3.05, 3.63) is 54.4 Å². The molecule has 34 heavy (non-hydrogen) atoms. The minimum Gasteiger partial charge on any atom is -0.372 e. The van der Waals surface area contributed by atoms with Crippen LogP contribution < -0.4 is 10.6 Å². The summed E-state index contributed by atoms with van der Waals surface area (Å²) in [6.45, 7) is 10.6. The zero-order valence-corrected chi connectivity index (χ0v) is 19.7. The molecule has 0 aliphatic rings. The minimum absolute atomic E-state index is 0.00444. The number of carbonyl (C=O) groups is 2. The van der Waals surface area contributed by atoms with Gasteiger partial charge in [0.25, 0.3) is 11.8 Å². The number of nitrogens with zero attached hydrogens (tertiary/aromatic N) is 3. The monoisotopic (exact) mass is 492 g/mol. The first-order valence-corrected chi connectivity index (χ1v) is 10.7. The first kappa shape index (κ1) is 25.0. The molecule has 12 heteroatoms. The molecule has 2 aromatic heterocycles. The summed E-state index contributed by atoms with van der Waals surface area (Å²) in [6.07, 6.45) is -0.397. The lowest BCUT2D eigenvalue weighted by Crippen LogP contribution is -2.49. The molecule has 180 valence electrons. The van der Waals surface area contributed by atoms with Gasteiger partial charge in [-0.15, -0.1) is 0 Å². The lowest BCUT2D eigenvalue weighted by atomic mass is 10.0. The second-order valence-electron chi connectivity index (χ2n) is 8.18. The molecular formula is C22H23F3N6O2S. The van der Waals surface area contributed by atoms with Crippen LogP contribution >= 0.6 is 11.3 Å². The number of aromatic nitrogens is 3. The van der Waals surface area contributed by atoms with Gasteiger partial charge in [-0.25, -0.2) is 4.98 Å². The molecule has 3 N–H and O–H groups in total. The summed E-state index contributed by atoms with van der Waals surface area (Å²) in [5.74, 6) is -0.849. The Morgan fingerprint density at radius 1 is 1.26 bits per heavy atom. The quantitative estimate of drug-likeness (QED) is 0.339. The van der Waals surface area contributed by atoms with Gasteiger partial charge in [0.1, 0.15) is 5.54 Å². The Kier molecular flexibility index (Phi) is 6.56. The Labute approximate surface area is 197 Å². The molecule has 0 atom stereocenters. The molecule has 0 bridgehead atoms. The standard InChI is InChI=1S/C22H23F3N6O2S/c1-7-12(18(32)31(5)6)8-11(2)29-21(3,4)19(33)28-20-27-16-14(22(23,24)25)9-15-13(10-26-30-15)17(16)34-20/h7-10,29H,1-2H2,3-6H3,(H,26,30)(H,27,28,33)/b12-8+. The van der Waals surface area contributed by atoms with Gasteiger partial charge in [-0.3, -0.25) is 20.0 Å². The van der Waals surface area contributed by atoms with Gasteiger partial charge in [-0.1, -0.05) is 30.6 Å². The summed E-state index contributed by atoms with van der Waals surface area (Å²) in [4.78, 5) is 30.5. The first-order valence-electron chi connectivity index (χ1n) is 9.92. The number of thiazole rings is 1. The number of nitrogens with one attached hydrogen (secondary N) is 3. The summed E-state index contributed by atoms with van der Waals surface area (Å²) in [7, 11) is 3.18. The maximum atomic E-state index is 13.6. The third-order valence-corrected chi connectivity index (χ3v) is 5.86. The normalized spacial score (nSPS) is 12.6. The summed E-state index contributed by atoms with van der Waals surface area (Å²) in [5.41, 5.74) is -1.66. The van der Waals surface area contributed by atoms with E-state index < -0.39 is 23.2 Å². The van der Waals surface area contributed by atoms with Gasteiger partial charge < -0.3 is 10.2 Å². The highest BCUT2D eigenvalue weighted by atomic mass is 32.1. The molecule has 8 nitrogen and oxygen atoms in total. The van der Waals surface area contributed by atoms with Crippen LogP contribution in [0.15, 0.2) is 48.8 Å². The van der Waals surface area contributed by atoms with E-state index in [1.807, 2.05) is 0 Å². The molecule has 0 aliphatic carbocycles. The maximum Gasteiger partial charge on any atom is 0.418 e. The number of carbonyl (C=O) groups excluding carboxylic acids is 2. The Balaban J connectivity index is 1.87. The molecule has 0 aliphatic heterocycles. The fourth-order valence-electron chi connectivity index (χ4n) is 3.16. The van der Waals surface area contributed by atoms with Gasteiger partial charge in [0.2, 0.25) is 0 Å². The maximum absolute atomic E-state index is 13.6. The third-order valence-electron chi connectivity index (χ3n) is 4.85. The molecule has 0 saturated heterocycles. The van der Waals surface area contributed by atoms with Crippen LogP contribution in [-0.4, -0.2) is 51.5 Å². The van der Waals surface area contributed by atoms with E-state index in [1.54, 1.807) is 27.9 Å². The first-order chi connectivity index (χ1) is 15.7. The van der Waals surface area contributed by atoms with E-state index in [9.17, 15) is 22.8 Å². The van der Waals surface area contributed by atoms with Crippen molar-refractivity contribution in [3.63, 3.8) is 0 Å². The number of allylic oxidation sites excluding steroid dienone is 1. The molecule has 2 amide bonds. The zero-order chi connectivity index (χ0) is 25.4. The van der Waals surface area contributed by atoms with Crippen molar-refractivity contribution in [1.29, 1.82) is 0 Å². The van der Waals surface area contributed by atoms with E-state index in [0.29, 0.717) is 5.39 Å². The fraction of sp³-hybridized carbons (Fsp3) is 0.273. The average Bonchev–Trinajstić information content (AvgIpc) is 3.35. The Morgan fingerprint density at radius 3 is 2.53 bits per heavy atom. The number of fused-ring (bicyclic) bond motifs is 3. The SMILES string of the molecule is C=C/C(=C\C(=C)NC(C)(C)C(=O)Nc1nc2c(C(F)(F)F)cc3[nH]ncc3c2s1)C(=O)N(C)C. The van der Waals surface area contributed by atoms with Gasteiger partial charge in [0.05, 0.1) is 27.5 Å². The summed E-state index contributed by atoms with van der Waals surface area (Å²) in [5, 5.41) is 12.3. The number of H-pyrrole nitrogens is 1. The number of hydrogen-bond donors (Lipinski definition) is 3. The van der Waals surface area contributed by atoms with Crippen LogP contribution in [0.4, 0.5) is 18.3 Å². The van der Waals surface area contributed by atoms with Crippen molar-refractivity contribution in [3.8, 4) is 0 Å². The van der Waals surface area contributed by atoms with Crippen LogP contribution in [0.3, 0.4) is 0 Å². The van der Waals surface area contributed by atoms with Crippen LogP contribution in [0.5, 0.6) is 0 Å². The number of halogens is 3. The number of likely N-dealkylation sites (N-methyl/N-ethyl adjacent to an activating group) is 1. The molecule has 1 aromatic carbocycles. The number of hydrogen-bond acceptors (Lipinski definition) is 6. The highest BCUT2D eigenvalue weighted by molar-refractivity contribution is 7.23. The van der Waals surface area contributed by atoms with E-state index in [-0.39, 0.29) is 38.0 Å². The Bertz CT molecular complexity index is 1330. The van der Waals surface area contributed by atoms with E-state index in [1.165, 1.54) is 23.2 Å². The molecule has 0 unspecified atom stereocenters. The minimum atomic E-state index is -4.63. The number of benzene rings is 1. The van der Waals surface area contributed by atoms with Crippen molar-refractivity contribution in [2.45, 2.75) is 25.6 Å². The molecule has 0 saturated carbocycles. The molecule has 0 spiro atoms. The lowest BCUT2D eigenvalue weighted by molar-refractivity contribution is -0.136. The van der Waals surface area contributed by atoms with Gasteiger partial charge in [0.15, 0.2) is 5.13 Å². The lowest BCUT2D eigenvalue weighted by Gasteiger charge is -2.26. The number of amides is 2. The predicted molar refractivity (Wildman–Crippen MR) is 126 cm³/mol. The van der Waals surface area contributed by atoms with Crippen molar-refractivity contribution in [1.82, 2.24) is 25.4 Å². The number of alkyl halides is 3. The van der Waals surface area contributed by atoms with Crippen LogP contribution in [-0.2, 0) is 15.8 Å². The van der Waals surface area contributed by atoms with E-state index in [2.05, 4.69) is 39.0 Å². The van der Waals surface area contributed by atoms with Crippen molar-refractivity contribution >= 4 is 49.4 Å². The third kappa shape index (κ3) is 4.96. The van der Waals surface area contributed by atoms with E-state index >= 15 is 0 Å². The highest BCUT2D eigenvalue weighted by Gasteiger charge is 2.36. The van der Waals surface area contributed by atoms with Crippen molar-refractivity contribution in [2.24, 2.45) is 0 Å². The second-order valence-corrected chi connectivity index (χ2v) is 9.18. The van der Waals surface area contributed by atoms with Gasteiger partial charge in [-0.05, 0) is 26.0 Å². The smallest absolute Gasteiger partial charge is 0.372 e. The summed E-state index contributed by atoms with van der Waals surface area (Å²) < 4.78 is 41.0. The highest BCUT2D eigenvalue weighted by Crippen LogP contribution is 2.41. The largest absolute Gasteiger partial charge is 0.418 e. The van der Waals surface area contributed by atoms with Crippen LogP contribution in [0, 0.1) is 0 Å². The number of rotatable bonds is 7. The van der Waals surface area contributed by atoms with Crippen molar-refractivity contribution in [2.75, 3.05) is 19.4 Å². The molecule has 3 rings (SSSR count). The van der Waals surface area contributed by atoms with Gasteiger partial charge in [-0.2, -0.15) is 18.3 Å². The van der Waals surface area contributed by atoms with E-state index in [0.717, 1.165) is 17.4 Å². The topological polar surface area (TPSA) is 103 Å². The molecule has 0 radical (unpaired) electrons. The summed E-state index contributed by atoms with van der Waals surface area (Å²) >= 11 is 0.918. The summed E-state index contributed by atoms with van der Waals surface area (Å²) in [6, 6.07) is 0.948. The van der Waals surface area contributed by atoms with E-state index in [4.69, 9.17) is 0 Å². The van der Waals surface area contributed by atoms with Crippen LogP contribution in [0.2, 0.25) is 0 Å². The Morgan fingerprint density at radius 2 is 1.94 bits per heavy atom. The van der Waals surface area contributed by atoms with Crippen molar-refractivity contribution < 1.29 is 22.8 Å². The predicted octanol–water partition coefficient (Wildman–Crippen LogP) is 4.21. The Hall–Kier alpha value is -3.67. The number of aromatic amines is 1.